The fourth-order valence-corrected chi connectivity index (χ4v) is 3.31. The number of hydrogen-bond donors (Lipinski definition) is 1. The van der Waals surface area contributed by atoms with Gasteiger partial charge < -0.3 is 28.8 Å². The van der Waals surface area contributed by atoms with Crippen LogP contribution in [-0.2, 0) is 20.6 Å². The molecule has 0 fully saturated rings. The minimum absolute atomic E-state index is 0.205. The predicted octanol–water partition coefficient (Wildman–Crippen LogP) is 3.24. The van der Waals surface area contributed by atoms with Crippen LogP contribution in [0.5, 0.6) is 17.2 Å². The monoisotopic (exact) mass is 354 g/mol. The maximum Gasteiger partial charge on any atom is 0.171 e. The summed E-state index contributed by atoms with van der Waals surface area (Å²) in [5.74, 6) is 1.34. The number of phenols is 1. The summed E-state index contributed by atoms with van der Waals surface area (Å²) in [4.78, 5) is 0. The van der Waals surface area contributed by atoms with Gasteiger partial charge in [-0.1, -0.05) is 13.3 Å². The summed E-state index contributed by atoms with van der Waals surface area (Å²) in [7, 11) is 4.82. The molecular formula is C19H30O6. The lowest BCUT2D eigenvalue weighted by molar-refractivity contribution is -0.120. The second-order valence-electron chi connectivity index (χ2n) is 6.13. The molecule has 1 N–H and O–H groups in total. The molecule has 1 aromatic rings. The highest BCUT2D eigenvalue weighted by Crippen LogP contribution is 2.50. The SMILES string of the molecule is CCCCc1cc(OCC)c2c(c1O)[C@@H](OC)[C@H](OC)[C@@H](COC)O2. The highest BCUT2D eigenvalue weighted by molar-refractivity contribution is 5.60. The largest absolute Gasteiger partial charge is 0.507 e. The third-order valence-electron chi connectivity index (χ3n) is 4.51. The summed E-state index contributed by atoms with van der Waals surface area (Å²) in [6, 6.07) is 1.87. The van der Waals surface area contributed by atoms with Gasteiger partial charge in [0, 0.05) is 21.3 Å². The number of ether oxygens (including phenoxy) is 5. The first-order chi connectivity index (χ1) is 12.1. The molecule has 0 aromatic heterocycles. The second-order valence-corrected chi connectivity index (χ2v) is 6.13. The zero-order chi connectivity index (χ0) is 18.4. The Balaban J connectivity index is 2.57. The third-order valence-corrected chi connectivity index (χ3v) is 4.51. The molecule has 0 saturated carbocycles. The van der Waals surface area contributed by atoms with E-state index in [4.69, 9.17) is 23.7 Å². The Hall–Kier alpha value is -1.50. The maximum atomic E-state index is 10.9. The molecule has 0 radical (unpaired) electrons. The molecule has 6 heteroatoms. The predicted molar refractivity (Wildman–Crippen MR) is 94.7 cm³/mol. The molecule has 0 unspecified atom stereocenters. The molecule has 0 aliphatic carbocycles. The Morgan fingerprint density at radius 1 is 1.16 bits per heavy atom. The van der Waals surface area contributed by atoms with Gasteiger partial charge in [0.15, 0.2) is 17.6 Å². The van der Waals surface area contributed by atoms with Crippen LogP contribution < -0.4 is 9.47 Å². The number of unbranched alkanes of at least 4 members (excludes halogenated alkanes) is 1. The number of benzene rings is 1. The molecular weight excluding hydrogens is 324 g/mol. The summed E-state index contributed by atoms with van der Waals surface area (Å²) in [5, 5.41) is 10.9. The molecule has 1 aromatic carbocycles. The molecule has 25 heavy (non-hydrogen) atoms. The molecule has 6 nitrogen and oxygen atoms in total. The lowest BCUT2D eigenvalue weighted by atomic mass is 9.91. The van der Waals surface area contributed by atoms with Crippen LogP contribution >= 0.6 is 0 Å². The van der Waals surface area contributed by atoms with Gasteiger partial charge in [-0.25, -0.2) is 0 Å². The molecule has 142 valence electrons. The smallest absolute Gasteiger partial charge is 0.171 e. The summed E-state index contributed by atoms with van der Waals surface area (Å²) in [5.41, 5.74) is 1.44. The van der Waals surface area contributed by atoms with Crippen molar-refractivity contribution in [1.29, 1.82) is 0 Å². The van der Waals surface area contributed by atoms with Crippen molar-refractivity contribution in [3.8, 4) is 17.2 Å². The van der Waals surface area contributed by atoms with Gasteiger partial charge in [-0.3, -0.25) is 0 Å². The van der Waals surface area contributed by atoms with Crippen LogP contribution in [-0.4, -0.2) is 51.9 Å². The Morgan fingerprint density at radius 2 is 1.92 bits per heavy atom. The first-order valence-corrected chi connectivity index (χ1v) is 8.85. The van der Waals surface area contributed by atoms with E-state index in [0.717, 1.165) is 24.8 Å². The maximum absolute atomic E-state index is 10.9. The fraction of sp³-hybridized carbons (Fsp3) is 0.684. The third kappa shape index (κ3) is 4.02. The zero-order valence-corrected chi connectivity index (χ0v) is 15.8. The van der Waals surface area contributed by atoms with Gasteiger partial charge in [0.1, 0.15) is 18.0 Å². The van der Waals surface area contributed by atoms with Crippen LogP contribution in [0.15, 0.2) is 6.07 Å². The average Bonchev–Trinajstić information content (AvgIpc) is 2.62. The van der Waals surface area contributed by atoms with Crippen LogP contribution in [0, 0.1) is 0 Å². The molecule has 0 spiro atoms. The van der Waals surface area contributed by atoms with Gasteiger partial charge in [-0.05, 0) is 31.4 Å². The van der Waals surface area contributed by atoms with Crippen molar-refractivity contribution in [1.82, 2.24) is 0 Å². The molecule has 1 aliphatic rings. The van der Waals surface area contributed by atoms with Crippen LogP contribution in [0.4, 0.5) is 0 Å². The van der Waals surface area contributed by atoms with Crippen LogP contribution in [0.1, 0.15) is 43.9 Å². The van der Waals surface area contributed by atoms with Gasteiger partial charge in [0.2, 0.25) is 0 Å². The quantitative estimate of drug-likeness (QED) is 0.734. The number of phenolic OH excluding ortho intramolecular Hbond substituents is 1. The number of rotatable bonds is 9. The normalized spacial score (nSPS) is 22.4. The average molecular weight is 354 g/mol. The summed E-state index contributed by atoms with van der Waals surface area (Å²) in [6.07, 6.45) is 1.59. The van der Waals surface area contributed by atoms with Crippen molar-refractivity contribution in [2.24, 2.45) is 0 Å². The number of methoxy groups -OCH3 is 3. The van der Waals surface area contributed by atoms with Crippen molar-refractivity contribution in [3.63, 3.8) is 0 Å². The van der Waals surface area contributed by atoms with Gasteiger partial charge in [-0.2, -0.15) is 0 Å². The molecule has 0 saturated heterocycles. The minimum Gasteiger partial charge on any atom is -0.507 e. The minimum atomic E-state index is -0.463. The van der Waals surface area contributed by atoms with E-state index < -0.39 is 6.10 Å². The zero-order valence-electron chi connectivity index (χ0n) is 15.8. The number of aryl methyl sites for hydroxylation is 1. The summed E-state index contributed by atoms with van der Waals surface area (Å²) in [6.45, 7) is 4.90. The highest BCUT2D eigenvalue weighted by atomic mass is 16.6. The fourth-order valence-electron chi connectivity index (χ4n) is 3.31. The van der Waals surface area contributed by atoms with Gasteiger partial charge in [0.25, 0.3) is 0 Å². The number of fused-ring (bicyclic) bond motifs is 1. The Bertz CT molecular complexity index is 559. The van der Waals surface area contributed by atoms with Gasteiger partial charge in [0.05, 0.1) is 18.8 Å². The van der Waals surface area contributed by atoms with E-state index in [1.807, 2.05) is 13.0 Å². The Morgan fingerprint density at radius 3 is 2.48 bits per heavy atom. The van der Waals surface area contributed by atoms with Crippen LogP contribution in [0.25, 0.3) is 0 Å². The highest BCUT2D eigenvalue weighted by Gasteiger charge is 2.43. The van der Waals surface area contributed by atoms with Crippen LogP contribution in [0.3, 0.4) is 0 Å². The first-order valence-electron chi connectivity index (χ1n) is 8.85. The molecule has 1 heterocycles. The molecule has 0 amide bonds. The van der Waals surface area contributed by atoms with Crippen molar-refractivity contribution < 1.29 is 28.8 Å². The standard InChI is InChI=1S/C19H30O6/c1-6-8-9-12-10-13(24-7-2)17-15(16(12)20)19(23-5)18(22-4)14(25-17)11-21-3/h10,14,18-20H,6-9,11H2,1-5H3/t14-,18-,19-/m1/s1. The lowest BCUT2D eigenvalue weighted by Crippen LogP contribution is -2.45. The van der Waals surface area contributed by atoms with Crippen molar-refractivity contribution in [2.45, 2.75) is 51.4 Å². The molecule has 0 bridgehead atoms. The summed E-state index contributed by atoms with van der Waals surface area (Å²) < 4.78 is 28.5. The first kappa shape index (κ1) is 19.8. The van der Waals surface area contributed by atoms with E-state index >= 15 is 0 Å². The van der Waals surface area contributed by atoms with Gasteiger partial charge >= 0.3 is 0 Å². The van der Waals surface area contributed by atoms with E-state index in [-0.39, 0.29) is 18.0 Å². The summed E-state index contributed by atoms with van der Waals surface area (Å²) >= 11 is 0. The second kappa shape index (κ2) is 9.27. The van der Waals surface area contributed by atoms with Crippen molar-refractivity contribution >= 4 is 0 Å². The molecule has 2 rings (SSSR count). The van der Waals surface area contributed by atoms with E-state index in [1.54, 1.807) is 21.3 Å². The number of aromatic hydroxyl groups is 1. The Labute approximate surface area is 150 Å². The lowest BCUT2D eigenvalue weighted by Gasteiger charge is -2.38. The van der Waals surface area contributed by atoms with Crippen molar-refractivity contribution in [2.75, 3.05) is 34.5 Å². The number of hydrogen-bond acceptors (Lipinski definition) is 6. The van der Waals surface area contributed by atoms with Crippen molar-refractivity contribution in [3.05, 3.63) is 17.2 Å². The van der Waals surface area contributed by atoms with Gasteiger partial charge in [-0.15, -0.1) is 0 Å². The van der Waals surface area contributed by atoms with E-state index in [2.05, 4.69) is 6.92 Å². The van der Waals surface area contributed by atoms with E-state index in [0.29, 0.717) is 30.3 Å². The Kier molecular flexibility index (Phi) is 7.35. The molecule has 1 aliphatic heterocycles. The van der Waals surface area contributed by atoms with E-state index in [1.165, 1.54) is 0 Å². The molecule has 3 atom stereocenters. The topological polar surface area (TPSA) is 66.4 Å². The van der Waals surface area contributed by atoms with E-state index in [9.17, 15) is 5.11 Å². The van der Waals surface area contributed by atoms with Crippen LogP contribution in [0.2, 0.25) is 0 Å².